The zero-order valence-electron chi connectivity index (χ0n) is 10.2. The fourth-order valence-electron chi connectivity index (χ4n) is 1.37. The minimum atomic E-state index is -0.303. The van der Waals surface area contributed by atoms with E-state index >= 15 is 0 Å². The molecule has 0 atom stereocenters. The average Bonchev–Trinajstić information content (AvgIpc) is 2.85. The molecule has 94 valence electrons. The van der Waals surface area contributed by atoms with Crippen molar-refractivity contribution in [2.45, 2.75) is 19.8 Å². The molecule has 2 heterocycles. The molecule has 0 radical (unpaired) electrons. The number of nitrogens with zero attached hydrogens (tertiary/aromatic N) is 3. The van der Waals surface area contributed by atoms with Crippen molar-refractivity contribution in [3.63, 3.8) is 0 Å². The van der Waals surface area contributed by atoms with Gasteiger partial charge in [-0.3, -0.25) is 9.78 Å². The van der Waals surface area contributed by atoms with E-state index in [9.17, 15) is 4.79 Å². The minimum Gasteiger partial charge on any atom is -0.469 e. The van der Waals surface area contributed by atoms with Crippen molar-refractivity contribution in [2.24, 2.45) is 0 Å². The number of carbonyl (C=O) groups is 1. The number of esters is 1. The highest BCUT2D eigenvalue weighted by Crippen LogP contribution is 2.13. The number of ether oxygens (including phenoxy) is 1. The average molecular weight is 247 g/mol. The van der Waals surface area contributed by atoms with Gasteiger partial charge in [0.2, 0.25) is 11.7 Å². The Bertz CT molecular complexity index is 534. The lowest BCUT2D eigenvalue weighted by atomic mass is 10.2. The first-order valence-electron chi connectivity index (χ1n) is 5.51. The molecule has 6 nitrogen and oxygen atoms in total. The highest BCUT2D eigenvalue weighted by molar-refractivity contribution is 5.69. The van der Waals surface area contributed by atoms with Crippen LogP contribution in [-0.4, -0.2) is 28.2 Å². The predicted octanol–water partition coefficient (Wildman–Crippen LogP) is 1.55. The Morgan fingerprint density at radius 3 is 2.94 bits per heavy atom. The predicted molar refractivity (Wildman–Crippen MR) is 62.6 cm³/mol. The van der Waals surface area contributed by atoms with E-state index in [0.29, 0.717) is 23.8 Å². The summed E-state index contributed by atoms with van der Waals surface area (Å²) in [6.45, 7) is 1.95. The van der Waals surface area contributed by atoms with Gasteiger partial charge in [-0.05, 0) is 18.6 Å². The van der Waals surface area contributed by atoms with Gasteiger partial charge < -0.3 is 9.26 Å². The van der Waals surface area contributed by atoms with Gasteiger partial charge in [0.1, 0.15) is 5.69 Å². The van der Waals surface area contributed by atoms with Crippen LogP contribution in [0.25, 0.3) is 11.5 Å². The van der Waals surface area contributed by atoms with E-state index in [2.05, 4.69) is 19.9 Å². The number of rotatable bonds is 4. The molecule has 2 aromatic rings. The molecule has 0 saturated heterocycles. The Morgan fingerprint density at radius 1 is 1.44 bits per heavy atom. The summed E-state index contributed by atoms with van der Waals surface area (Å²) in [7, 11) is 1.35. The van der Waals surface area contributed by atoms with Gasteiger partial charge in [0.25, 0.3) is 0 Å². The molecule has 0 aliphatic rings. The maximum absolute atomic E-state index is 11.0. The van der Waals surface area contributed by atoms with E-state index in [0.717, 1.165) is 5.56 Å². The van der Waals surface area contributed by atoms with Crippen LogP contribution in [0.3, 0.4) is 0 Å². The number of pyridine rings is 1. The molecule has 0 saturated carbocycles. The van der Waals surface area contributed by atoms with Crippen LogP contribution in [0.2, 0.25) is 0 Å². The number of methoxy groups -OCH3 is 1. The van der Waals surface area contributed by atoms with Crippen molar-refractivity contribution < 1.29 is 14.1 Å². The van der Waals surface area contributed by atoms with Crippen LogP contribution in [0.4, 0.5) is 0 Å². The zero-order chi connectivity index (χ0) is 13.0. The second-order valence-electron chi connectivity index (χ2n) is 3.81. The molecule has 2 aromatic heterocycles. The van der Waals surface area contributed by atoms with Gasteiger partial charge in [0, 0.05) is 12.6 Å². The molecule has 0 fully saturated rings. The fraction of sp³-hybridized carbons (Fsp3) is 0.333. The normalized spacial score (nSPS) is 10.3. The van der Waals surface area contributed by atoms with Crippen LogP contribution < -0.4 is 0 Å². The lowest BCUT2D eigenvalue weighted by Crippen LogP contribution is -2.01. The lowest BCUT2D eigenvalue weighted by molar-refractivity contribution is -0.140. The standard InChI is InChI=1S/C12H13N3O3/c1-8-3-4-9(13-7-8)12-14-10(18-15-12)5-6-11(16)17-2/h3-4,7H,5-6H2,1-2H3. The fourth-order valence-corrected chi connectivity index (χ4v) is 1.37. The highest BCUT2D eigenvalue weighted by Gasteiger charge is 2.11. The minimum absolute atomic E-state index is 0.222. The molecule has 2 rings (SSSR count). The molecule has 0 unspecified atom stereocenters. The zero-order valence-corrected chi connectivity index (χ0v) is 10.2. The maximum Gasteiger partial charge on any atom is 0.306 e. The Hall–Kier alpha value is -2.24. The largest absolute Gasteiger partial charge is 0.469 e. The van der Waals surface area contributed by atoms with Crippen molar-refractivity contribution in [3.8, 4) is 11.5 Å². The van der Waals surface area contributed by atoms with Crippen LogP contribution in [0.15, 0.2) is 22.9 Å². The Balaban J connectivity index is 2.06. The van der Waals surface area contributed by atoms with Gasteiger partial charge in [-0.1, -0.05) is 11.2 Å². The maximum atomic E-state index is 11.0. The number of hydrogen-bond donors (Lipinski definition) is 0. The van der Waals surface area contributed by atoms with Crippen LogP contribution in [0.5, 0.6) is 0 Å². The summed E-state index contributed by atoms with van der Waals surface area (Å²) in [6, 6.07) is 3.75. The molecular weight excluding hydrogens is 234 g/mol. The van der Waals surface area contributed by atoms with Crippen LogP contribution in [-0.2, 0) is 16.0 Å². The SMILES string of the molecule is COC(=O)CCc1nc(-c2ccc(C)cn2)no1. The summed E-state index contributed by atoms with van der Waals surface area (Å²) in [5.41, 5.74) is 1.71. The van der Waals surface area contributed by atoms with Crippen molar-refractivity contribution >= 4 is 5.97 Å². The van der Waals surface area contributed by atoms with Crippen LogP contribution >= 0.6 is 0 Å². The van der Waals surface area contributed by atoms with Gasteiger partial charge in [0.15, 0.2) is 0 Å². The molecule has 0 aromatic carbocycles. The molecule has 0 amide bonds. The number of hydrogen-bond acceptors (Lipinski definition) is 6. The van der Waals surface area contributed by atoms with Gasteiger partial charge in [0.05, 0.1) is 13.5 Å². The van der Waals surface area contributed by atoms with Crippen LogP contribution in [0, 0.1) is 6.92 Å². The summed E-state index contributed by atoms with van der Waals surface area (Å²) >= 11 is 0. The third-order valence-electron chi connectivity index (χ3n) is 2.38. The van der Waals surface area contributed by atoms with E-state index < -0.39 is 0 Å². The smallest absolute Gasteiger partial charge is 0.306 e. The Morgan fingerprint density at radius 2 is 2.28 bits per heavy atom. The molecule has 6 heteroatoms. The molecule has 0 aliphatic carbocycles. The third-order valence-corrected chi connectivity index (χ3v) is 2.38. The van der Waals surface area contributed by atoms with E-state index in [1.54, 1.807) is 6.20 Å². The lowest BCUT2D eigenvalue weighted by Gasteiger charge is -1.94. The second kappa shape index (κ2) is 5.39. The summed E-state index contributed by atoms with van der Waals surface area (Å²) in [5.74, 6) is 0.524. The van der Waals surface area contributed by atoms with Gasteiger partial charge >= 0.3 is 5.97 Å². The second-order valence-corrected chi connectivity index (χ2v) is 3.81. The van der Waals surface area contributed by atoms with Gasteiger partial charge in [-0.15, -0.1) is 0 Å². The summed E-state index contributed by atoms with van der Waals surface area (Å²) in [4.78, 5) is 19.3. The van der Waals surface area contributed by atoms with E-state index in [4.69, 9.17) is 4.52 Å². The molecule has 0 N–H and O–H groups in total. The summed E-state index contributed by atoms with van der Waals surface area (Å²) in [6.07, 6.45) is 2.32. The first kappa shape index (κ1) is 12.2. The summed E-state index contributed by atoms with van der Waals surface area (Å²) < 4.78 is 9.57. The molecule has 18 heavy (non-hydrogen) atoms. The number of aromatic nitrogens is 3. The molecule has 0 aliphatic heterocycles. The quantitative estimate of drug-likeness (QED) is 0.763. The van der Waals surface area contributed by atoms with Crippen molar-refractivity contribution in [1.29, 1.82) is 0 Å². The van der Waals surface area contributed by atoms with E-state index in [-0.39, 0.29) is 12.4 Å². The van der Waals surface area contributed by atoms with E-state index in [1.807, 2.05) is 19.1 Å². The Kier molecular flexibility index (Phi) is 3.66. The summed E-state index contributed by atoms with van der Waals surface area (Å²) in [5, 5.41) is 3.82. The van der Waals surface area contributed by atoms with Gasteiger partial charge in [-0.2, -0.15) is 4.98 Å². The van der Waals surface area contributed by atoms with Crippen LogP contribution in [0.1, 0.15) is 17.9 Å². The first-order valence-corrected chi connectivity index (χ1v) is 5.51. The first-order chi connectivity index (χ1) is 8.69. The molecule has 0 spiro atoms. The topological polar surface area (TPSA) is 78.1 Å². The van der Waals surface area contributed by atoms with Crippen molar-refractivity contribution in [2.75, 3.05) is 7.11 Å². The Labute approximate surface area is 104 Å². The number of aryl methyl sites for hydroxylation is 2. The monoisotopic (exact) mass is 247 g/mol. The third kappa shape index (κ3) is 2.91. The molecular formula is C12H13N3O3. The van der Waals surface area contributed by atoms with Crippen molar-refractivity contribution in [1.82, 2.24) is 15.1 Å². The van der Waals surface area contributed by atoms with Crippen molar-refractivity contribution in [3.05, 3.63) is 29.8 Å². The number of carbonyl (C=O) groups excluding carboxylic acids is 1. The highest BCUT2D eigenvalue weighted by atomic mass is 16.5. The molecule has 0 bridgehead atoms. The van der Waals surface area contributed by atoms with E-state index in [1.165, 1.54) is 7.11 Å². The van der Waals surface area contributed by atoms with Gasteiger partial charge in [-0.25, -0.2) is 0 Å².